The third-order valence-electron chi connectivity index (χ3n) is 3.40. The number of benzene rings is 1. The number of hydrogen-bond acceptors (Lipinski definition) is 2. The van der Waals surface area contributed by atoms with Crippen LogP contribution in [0.4, 0.5) is 8.78 Å². The van der Waals surface area contributed by atoms with Crippen LogP contribution < -0.4 is 5.73 Å². The fraction of sp³-hybridized carbons (Fsp3) is 0.462. The van der Waals surface area contributed by atoms with E-state index in [0.29, 0.717) is 13.1 Å². The Morgan fingerprint density at radius 3 is 2.65 bits per heavy atom. The van der Waals surface area contributed by atoms with Gasteiger partial charge in [0.1, 0.15) is 0 Å². The predicted octanol–water partition coefficient (Wildman–Crippen LogP) is 3.10. The van der Waals surface area contributed by atoms with Crippen LogP contribution in [0.3, 0.4) is 0 Å². The van der Waals surface area contributed by atoms with Gasteiger partial charge in [-0.05, 0) is 47.3 Å². The molecule has 0 saturated carbocycles. The average Bonchev–Trinajstić information content (AvgIpc) is 2.42. The van der Waals surface area contributed by atoms with Crippen molar-refractivity contribution in [2.24, 2.45) is 5.73 Å². The number of carbonyl (C=O) groups is 1. The number of nitrogens with two attached hydrogens (primary N) is 1. The topological polar surface area (TPSA) is 46.3 Å². The van der Waals surface area contributed by atoms with Crippen molar-refractivity contribution in [2.45, 2.75) is 25.3 Å². The maximum atomic E-state index is 13.3. The maximum absolute atomic E-state index is 13.3. The van der Waals surface area contributed by atoms with Gasteiger partial charge in [-0.25, -0.2) is 8.78 Å². The summed E-state index contributed by atoms with van der Waals surface area (Å²) >= 11 is 3.10. The zero-order chi connectivity index (χ0) is 14.0. The molecule has 1 saturated heterocycles. The molecule has 112 valence electrons. The van der Waals surface area contributed by atoms with Crippen molar-refractivity contribution in [2.75, 3.05) is 13.1 Å². The molecule has 0 bridgehead atoms. The SMILES string of the molecule is Cl.NCC1CCCCN1C(=O)c1cc(F)c(F)cc1Br. The van der Waals surface area contributed by atoms with Crippen molar-refractivity contribution in [3.8, 4) is 0 Å². The van der Waals surface area contributed by atoms with Gasteiger partial charge in [0.05, 0.1) is 5.56 Å². The normalized spacial score (nSPS) is 18.6. The standard InChI is InChI=1S/C13H15BrF2N2O.ClH/c14-10-6-12(16)11(15)5-9(10)13(19)18-4-2-1-3-8(18)7-17;/h5-6,8H,1-4,7,17H2;1H. The summed E-state index contributed by atoms with van der Waals surface area (Å²) in [6.45, 7) is 0.985. The van der Waals surface area contributed by atoms with Gasteiger partial charge in [0.15, 0.2) is 11.6 Å². The molecule has 1 aliphatic rings. The van der Waals surface area contributed by atoms with Crippen molar-refractivity contribution in [1.82, 2.24) is 4.90 Å². The van der Waals surface area contributed by atoms with Crippen LogP contribution in [0.5, 0.6) is 0 Å². The number of amides is 1. The van der Waals surface area contributed by atoms with Gasteiger partial charge in [-0.2, -0.15) is 0 Å². The summed E-state index contributed by atoms with van der Waals surface area (Å²) in [5, 5.41) is 0. The minimum Gasteiger partial charge on any atom is -0.334 e. The first-order valence-electron chi connectivity index (χ1n) is 6.20. The molecule has 7 heteroatoms. The summed E-state index contributed by atoms with van der Waals surface area (Å²) in [5.41, 5.74) is 5.80. The molecule has 0 aliphatic carbocycles. The number of carbonyl (C=O) groups excluding carboxylic acids is 1. The molecule has 1 amide bonds. The molecule has 2 rings (SSSR count). The summed E-state index contributed by atoms with van der Waals surface area (Å²) in [6, 6.07) is 1.88. The number of hydrogen-bond donors (Lipinski definition) is 1. The monoisotopic (exact) mass is 368 g/mol. The molecule has 20 heavy (non-hydrogen) atoms. The lowest BCUT2D eigenvalue weighted by Crippen LogP contribution is -2.47. The van der Waals surface area contributed by atoms with Crippen molar-refractivity contribution in [3.63, 3.8) is 0 Å². The fourth-order valence-electron chi connectivity index (χ4n) is 2.35. The van der Waals surface area contributed by atoms with Gasteiger partial charge in [-0.1, -0.05) is 0 Å². The summed E-state index contributed by atoms with van der Waals surface area (Å²) in [4.78, 5) is 14.1. The smallest absolute Gasteiger partial charge is 0.255 e. The van der Waals surface area contributed by atoms with Crippen molar-refractivity contribution >= 4 is 34.2 Å². The van der Waals surface area contributed by atoms with Gasteiger partial charge in [-0.3, -0.25) is 4.79 Å². The molecular formula is C13H16BrClF2N2O. The lowest BCUT2D eigenvalue weighted by atomic mass is 10.0. The third kappa shape index (κ3) is 3.48. The largest absolute Gasteiger partial charge is 0.334 e. The van der Waals surface area contributed by atoms with Crippen LogP contribution in [0.1, 0.15) is 29.6 Å². The van der Waals surface area contributed by atoms with Gasteiger partial charge in [-0.15, -0.1) is 12.4 Å². The molecule has 1 fully saturated rings. The molecule has 1 aromatic carbocycles. The van der Waals surface area contributed by atoms with Crippen LogP contribution in [0, 0.1) is 11.6 Å². The van der Waals surface area contributed by atoms with E-state index in [2.05, 4.69) is 15.9 Å². The number of piperidine rings is 1. The second kappa shape index (κ2) is 7.33. The van der Waals surface area contributed by atoms with E-state index < -0.39 is 11.6 Å². The van der Waals surface area contributed by atoms with E-state index >= 15 is 0 Å². The number of rotatable bonds is 2. The summed E-state index contributed by atoms with van der Waals surface area (Å²) in [5.74, 6) is -2.30. The Balaban J connectivity index is 0.00000200. The Labute approximate surface area is 131 Å². The highest BCUT2D eigenvalue weighted by atomic mass is 79.9. The first-order valence-corrected chi connectivity index (χ1v) is 6.99. The molecule has 2 N–H and O–H groups in total. The Bertz CT molecular complexity index is 502. The summed E-state index contributed by atoms with van der Waals surface area (Å²) in [6.07, 6.45) is 2.79. The van der Waals surface area contributed by atoms with Gasteiger partial charge in [0.2, 0.25) is 0 Å². The van der Waals surface area contributed by atoms with E-state index in [0.717, 1.165) is 31.4 Å². The predicted molar refractivity (Wildman–Crippen MR) is 79.0 cm³/mol. The van der Waals surface area contributed by atoms with E-state index in [-0.39, 0.29) is 34.4 Å². The molecule has 1 aliphatic heterocycles. The first kappa shape index (κ1) is 17.3. The summed E-state index contributed by atoms with van der Waals surface area (Å²) in [7, 11) is 0. The van der Waals surface area contributed by atoms with Crippen molar-refractivity contribution in [1.29, 1.82) is 0 Å². The van der Waals surface area contributed by atoms with E-state index in [4.69, 9.17) is 5.73 Å². The zero-order valence-corrected chi connectivity index (χ0v) is 13.1. The Morgan fingerprint density at radius 2 is 2.00 bits per heavy atom. The molecule has 1 unspecified atom stereocenters. The first-order chi connectivity index (χ1) is 9.04. The number of nitrogens with zero attached hydrogens (tertiary/aromatic N) is 1. The second-order valence-corrected chi connectivity index (χ2v) is 5.48. The van der Waals surface area contributed by atoms with E-state index in [1.54, 1.807) is 4.90 Å². The minimum absolute atomic E-state index is 0. The highest BCUT2D eigenvalue weighted by Gasteiger charge is 2.28. The fourth-order valence-corrected chi connectivity index (χ4v) is 2.84. The lowest BCUT2D eigenvalue weighted by molar-refractivity contribution is 0.0622. The average molecular weight is 370 g/mol. The highest BCUT2D eigenvalue weighted by molar-refractivity contribution is 9.10. The van der Waals surface area contributed by atoms with Gasteiger partial charge in [0.25, 0.3) is 5.91 Å². The molecular weight excluding hydrogens is 354 g/mol. The van der Waals surface area contributed by atoms with E-state index in [1.165, 1.54) is 0 Å². The highest BCUT2D eigenvalue weighted by Crippen LogP contribution is 2.25. The molecule has 0 spiro atoms. The quantitative estimate of drug-likeness (QED) is 0.814. The van der Waals surface area contributed by atoms with Crippen molar-refractivity contribution < 1.29 is 13.6 Å². The van der Waals surface area contributed by atoms with Gasteiger partial charge in [0, 0.05) is 23.6 Å². The Morgan fingerprint density at radius 1 is 1.35 bits per heavy atom. The molecule has 1 atom stereocenters. The molecule has 1 aromatic rings. The van der Waals surface area contributed by atoms with Crippen LogP contribution in [0.15, 0.2) is 16.6 Å². The van der Waals surface area contributed by atoms with Gasteiger partial charge < -0.3 is 10.6 Å². The third-order valence-corrected chi connectivity index (χ3v) is 4.06. The lowest BCUT2D eigenvalue weighted by Gasteiger charge is -2.35. The number of likely N-dealkylation sites (tertiary alicyclic amines) is 1. The van der Waals surface area contributed by atoms with E-state index in [1.807, 2.05) is 0 Å². The molecule has 3 nitrogen and oxygen atoms in total. The maximum Gasteiger partial charge on any atom is 0.255 e. The van der Waals surface area contributed by atoms with Crippen LogP contribution in [-0.2, 0) is 0 Å². The van der Waals surface area contributed by atoms with Crippen LogP contribution >= 0.6 is 28.3 Å². The Kier molecular flexibility index (Phi) is 6.36. The van der Waals surface area contributed by atoms with E-state index in [9.17, 15) is 13.6 Å². The second-order valence-electron chi connectivity index (χ2n) is 4.63. The van der Waals surface area contributed by atoms with Crippen LogP contribution in [0.25, 0.3) is 0 Å². The summed E-state index contributed by atoms with van der Waals surface area (Å²) < 4.78 is 26.6. The van der Waals surface area contributed by atoms with Crippen LogP contribution in [0.2, 0.25) is 0 Å². The minimum atomic E-state index is -1.02. The van der Waals surface area contributed by atoms with Crippen molar-refractivity contribution in [3.05, 3.63) is 33.8 Å². The number of halogens is 4. The molecule has 0 aromatic heterocycles. The van der Waals surface area contributed by atoms with Gasteiger partial charge >= 0.3 is 0 Å². The Hall–Kier alpha value is -0.720. The van der Waals surface area contributed by atoms with Crippen LogP contribution in [-0.4, -0.2) is 29.9 Å². The molecule has 1 heterocycles. The molecule has 0 radical (unpaired) electrons. The zero-order valence-electron chi connectivity index (χ0n) is 10.7.